The molecule has 4 heteroatoms. The molecule has 0 saturated heterocycles. The Balaban J connectivity index is 2.68. The van der Waals surface area contributed by atoms with Crippen molar-refractivity contribution >= 4 is 11.7 Å². The number of Topliss-reactive ketones (excluding diaryl/α,β-unsaturated/α-hetero) is 1. The van der Waals surface area contributed by atoms with Crippen LogP contribution >= 0.6 is 0 Å². The maximum absolute atomic E-state index is 11.7. The molecule has 0 aromatic carbocycles. The molecule has 0 fully saturated rings. The van der Waals surface area contributed by atoms with Crippen molar-refractivity contribution in [3.05, 3.63) is 11.6 Å². The van der Waals surface area contributed by atoms with Crippen molar-refractivity contribution in [2.75, 3.05) is 6.61 Å². The molecule has 18 heavy (non-hydrogen) atoms. The third kappa shape index (κ3) is 4.26. The van der Waals surface area contributed by atoms with Gasteiger partial charge in [0.25, 0.3) is 0 Å². The van der Waals surface area contributed by atoms with E-state index >= 15 is 0 Å². The number of hydrogen-bond donors (Lipinski definition) is 1. The molecule has 3 atom stereocenters. The summed E-state index contributed by atoms with van der Waals surface area (Å²) in [5.41, 5.74) is 0.728. The van der Waals surface area contributed by atoms with Gasteiger partial charge in [-0.3, -0.25) is 9.59 Å². The highest BCUT2D eigenvalue weighted by Crippen LogP contribution is 2.19. The number of hydrogen-bond acceptors (Lipinski definition) is 3. The van der Waals surface area contributed by atoms with Crippen LogP contribution in [0.5, 0.6) is 0 Å². The van der Waals surface area contributed by atoms with Crippen LogP contribution in [-0.4, -0.2) is 30.4 Å². The van der Waals surface area contributed by atoms with Gasteiger partial charge in [-0.25, -0.2) is 0 Å². The van der Waals surface area contributed by atoms with Gasteiger partial charge in [0.15, 0.2) is 5.78 Å². The van der Waals surface area contributed by atoms with E-state index in [1.807, 2.05) is 6.08 Å². The fourth-order valence-electron chi connectivity index (χ4n) is 1.88. The summed E-state index contributed by atoms with van der Waals surface area (Å²) in [5.74, 6) is 0.435. The highest BCUT2D eigenvalue weighted by molar-refractivity contribution is 5.96. The summed E-state index contributed by atoms with van der Waals surface area (Å²) >= 11 is 0. The Morgan fingerprint density at radius 1 is 1.61 bits per heavy atom. The van der Waals surface area contributed by atoms with Crippen LogP contribution < -0.4 is 5.32 Å². The summed E-state index contributed by atoms with van der Waals surface area (Å²) in [6.07, 6.45) is 3.02. The zero-order chi connectivity index (χ0) is 13.7. The van der Waals surface area contributed by atoms with Gasteiger partial charge in [-0.05, 0) is 24.5 Å². The number of ether oxygens (including phenoxy) is 1. The van der Waals surface area contributed by atoms with Gasteiger partial charge >= 0.3 is 0 Å². The summed E-state index contributed by atoms with van der Waals surface area (Å²) in [4.78, 5) is 22.8. The number of carbonyl (C=O) groups is 2. The van der Waals surface area contributed by atoms with Gasteiger partial charge in [0.05, 0.1) is 18.8 Å². The van der Waals surface area contributed by atoms with E-state index in [-0.39, 0.29) is 23.8 Å². The molecule has 0 radical (unpaired) electrons. The first-order chi connectivity index (χ1) is 8.43. The second-order valence-corrected chi connectivity index (χ2v) is 5.10. The quantitative estimate of drug-likeness (QED) is 0.813. The molecule has 0 aliphatic heterocycles. The van der Waals surface area contributed by atoms with Crippen LogP contribution in [0.25, 0.3) is 0 Å². The SMILES string of the molecule is CCC(C)CO[C@H]1C=C(C)C(=O)C[C@H]1NC(C)=O. The Bertz CT molecular complexity index is 349. The second-order valence-electron chi connectivity index (χ2n) is 5.10. The minimum absolute atomic E-state index is 0.0807. The van der Waals surface area contributed by atoms with Crippen LogP contribution in [0.2, 0.25) is 0 Å². The molecular formula is C14H23NO3. The molecule has 0 aromatic heterocycles. The van der Waals surface area contributed by atoms with E-state index in [1.54, 1.807) is 6.92 Å². The minimum Gasteiger partial charge on any atom is -0.372 e. The third-order valence-corrected chi connectivity index (χ3v) is 3.31. The molecule has 1 amide bonds. The van der Waals surface area contributed by atoms with Crippen molar-refractivity contribution in [3.8, 4) is 0 Å². The van der Waals surface area contributed by atoms with Crippen molar-refractivity contribution in [1.29, 1.82) is 0 Å². The lowest BCUT2D eigenvalue weighted by atomic mass is 9.92. The van der Waals surface area contributed by atoms with Crippen LogP contribution in [0.15, 0.2) is 11.6 Å². The van der Waals surface area contributed by atoms with E-state index in [4.69, 9.17) is 4.74 Å². The molecule has 4 nitrogen and oxygen atoms in total. The highest BCUT2D eigenvalue weighted by Gasteiger charge is 2.29. The van der Waals surface area contributed by atoms with Crippen molar-refractivity contribution < 1.29 is 14.3 Å². The first-order valence-electron chi connectivity index (χ1n) is 6.54. The number of amides is 1. The first-order valence-corrected chi connectivity index (χ1v) is 6.54. The van der Waals surface area contributed by atoms with Gasteiger partial charge < -0.3 is 10.1 Å². The second kappa shape index (κ2) is 6.69. The normalized spacial score (nSPS) is 25.6. The minimum atomic E-state index is -0.234. The number of rotatable bonds is 5. The van der Waals surface area contributed by atoms with Crippen molar-refractivity contribution in [3.63, 3.8) is 0 Å². The number of allylic oxidation sites excluding steroid dienone is 1. The lowest BCUT2D eigenvalue weighted by molar-refractivity contribution is -0.122. The summed E-state index contributed by atoms with van der Waals surface area (Å²) < 4.78 is 5.82. The van der Waals surface area contributed by atoms with Gasteiger partial charge in [-0.2, -0.15) is 0 Å². The molecule has 1 rings (SSSR count). The van der Waals surface area contributed by atoms with E-state index in [0.717, 1.165) is 12.0 Å². The van der Waals surface area contributed by atoms with Gasteiger partial charge in [-0.15, -0.1) is 0 Å². The van der Waals surface area contributed by atoms with Gasteiger partial charge in [0.1, 0.15) is 0 Å². The lowest BCUT2D eigenvalue weighted by Crippen LogP contribution is -2.47. The molecule has 1 unspecified atom stereocenters. The summed E-state index contributed by atoms with van der Waals surface area (Å²) in [7, 11) is 0. The molecule has 102 valence electrons. The molecular weight excluding hydrogens is 230 g/mol. The largest absolute Gasteiger partial charge is 0.372 e. The fraction of sp³-hybridized carbons (Fsp3) is 0.714. The zero-order valence-electron chi connectivity index (χ0n) is 11.7. The van der Waals surface area contributed by atoms with E-state index in [2.05, 4.69) is 19.2 Å². The topological polar surface area (TPSA) is 55.4 Å². The molecule has 0 aromatic rings. The average molecular weight is 253 g/mol. The van der Waals surface area contributed by atoms with Crippen molar-refractivity contribution in [2.45, 2.75) is 52.7 Å². The van der Waals surface area contributed by atoms with Gasteiger partial charge in [0.2, 0.25) is 5.91 Å². The van der Waals surface area contributed by atoms with E-state index in [9.17, 15) is 9.59 Å². The molecule has 1 aliphatic rings. The highest BCUT2D eigenvalue weighted by atomic mass is 16.5. The van der Waals surface area contributed by atoms with Crippen LogP contribution in [-0.2, 0) is 14.3 Å². The molecule has 0 spiro atoms. The van der Waals surface area contributed by atoms with Crippen LogP contribution in [0.3, 0.4) is 0 Å². The average Bonchev–Trinajstić information content (AvgIpc) is 2.30. The maximum Gasteiger partial charge on any atom is 0.217 e. The predicted molar refractivity (Wildman–Crippen MR) is 70.2 cm³/mol. The van der Waals surface area contributed by atoms with Crippen LogP contribution in [0.4, 0.5) is 0 Å². The fourth-order valence-corrected chi connectivity index (χ4v) is 1.88. The van der Waals surface area contributed by atoms with Crippen LogP contribution in [0.1, 0.15) is 40.5 Å². The Morgan fingerprint density at radius 2 is 2.28 bits per heavy atom. The van der Waals surface area contributed by atoms with Gasteiger partial charge in [-0.1, -0.05) is 20.3 Å². The molecule has 0 bridgehead atoms. The first kappa shape index (κ1) is 14.9. The predicted octanol–water partition coefficient (Wildman–Crippen LogP) is 1.84. The molecule has 1 N–H and O–H groups in total. The van der Waals surface area contributed by atoms with E-state index in [0.29, 0.717) is 18.9 Å². The van der Waals surface area contributed by atoms with Crippen molar-refractivity contribution in [2.24, 2.45) is 5.92 Å². The Labute approximate surface area is 109 Å². The molecule has 0 heterocycles. The number of ketones is 1. The van der Waals surface area contributed by atoms with E-state index in [1.165, 1.54) is 6.92 Å². The molecule has 0 saturated carbocycles. The Hall–Kier alpha value is -1.16. The summed E-state index contributed by atoms with van der Waals surface area (Å²) in [5, 5.41) is 2.80. The maximum atomic E-state index is 11.7. The lowest BCUT2D eigenvalue weighted by Gasteiger charge is -2.30. The van der Waals surface area contributed by atoms with Crippen molar-refractivity contribution in [1.82, 2.24) is 5.32 Å². The number of carbonyl (C=O) groups excluding carboxylic acids is 2. The summed E-state index contributed by atoms with van der Waals surface area (Å²) in [6, 6.07) is -0.234. The smallest absolute Gasteiger partial charge is 0.217 e. The van der Waals surface area contributed by atoms with Gasteiger partial charge in [0, 0.05) is 13.3 Å². The van der Waals surface area contributed by atoms with Crippen LogP contribution in [0, 0.1) is 5.92 Å². The van der Waals surface area contributed by atoms with E-state index < -0.39 is 0 Å². The standard InChI is InChI=1S/C14H23NO3/c1-5-9(2)8-18-14-6-10(3)13(17)7-12(14)15-11(4)16/h6,9,12,14H,5,7-8H2,1-4H3,(H,15,16)/t9?,12-,14+/m1/s1. The Kier molecular flexibility index (Phi) is 5.54. The Morgan fingerprint density at radius 3 is 2.83 bits per heavy atom. The molecule has 1 aliphatic carbocycles. The monoisotopic (exact) mass is 253 g/mol. The zero-order valence-corrected chi connectivity index (χ0v) is 11.7. The third-order valence-electron chi connectivity index (χ3n) is 3.31. The number of nitrogens with one attached hydrogen (secondary N) is 1. The summed E-state index contributed by atoms with van der Waals surface area (Å²) in [6.45, 7) is 8.14.